The van der Waals surface area contributed by atoms with Gasteiger partial charge in [-0.15, -0.1) is 5.10 Å². The van der Waals surface area contributed by atoms with Crippen molar-refractivity contribution in [1.82, 2.24) is 30.0 Å². The van der Waals surface area contributed by atoms with Gasteiger partial charge in [0, 0.05) is 25.2 Å². The number of anilines is 1. The number of nitrogens with zero attached hydrogens (tertiary/aromatic N) is 6. The van der Waals surface area contributed by atoms with Gasteiger partial charge in [0.25, 0.3) is 5.91 Å². The number of rotatable bonds is 5. The molecule has 0 aliphatic heterocycles. The SMILES string of the molecule is Cc1cc(NC(=O)[C@H](Cc2ccccc2)n2cnnn2)nn1C. The first kappa shape index (κ1) is 14.9. The molecule has 3 aromatic rings. The van der Waals surface area contributed by atoms with Crippen molar-refractivity contribution < 1.29 is 4.79 Å². The van der Waals surface area contributed by atoms with Crippen LogP contribution in [0.25, 0.3) is 0 Å². The predicted molar refractivity (Wildman–Crippen MR) is 83.6 cm³/mol. The van der Waals surface area contributed by atoms with Crippen molar-refractivity contribution in [3.05, 3.63) is 54.0 Å². The third-order valence-corrected chi connectivity index (χ3v) is 3.62. The van der Waals surface area contributed by atoms with Gasteiger partial charge in [-0.25, -0.2) is 4.68 Å². The van der Waals surface area contributed by atoms with Crippen LogP contribution in [0.15, 0.2) is 42.7 Å². The molecule has 0 aliphatic rings. The molecule has 0 fully saturated rings. The number of carbonyl (C=O) groups excluding carboxylic acids is 1. The van der Waals surface area contributed by atoms with Crippen molar-refractivity contribution in [3.63, 3.8) is 0 Å². The van der Waals surface area contributed by atoms with E-state index in [-0.39, 0.29) is 5.91 Å². The highest BCUT2D eigenvalue weighted by atomic mass is 16.2. The molecule has 8 nitrogen and oxygen atoms in total. The number of aryl methyl sites for hydroxylation is 2. The van der Waals surface area contributed by atoms with Crippen LogP contribution < -0.4 is 5.32 Å². The summed E-state index contributed by atoms with van der Waals surface area (Å²) in [6.45, 7) is 1.92. The Hall–Kier alpha value is -3.03. The van der Waals surface area contributed by atoms with E-state index in [0.717, 1.165) is 11.3 Å². The number of hydrogen-bond donors (Lipinski definition) is 1. The van der Waals surface area contributed by atoms with E-state index in [2.05, 4.69) is 25.9 Å². The Labute approximate surface area is 133 Å². The van der Waals surface area contributed by atoms with Gasteiger partial charge in [0.15, 0.2) is 5.82 Å². The number of tetrazole rings is 1. The largest absolute Gasteiger partial charge is 0.307 e. The molecule has 1 atom stereocenters. The number of hydrogen-bond acceptors (Lipinski definition) is 5. The fourth-order valence-electron chi connectivity index (χ4n) is 2.29. The zero-order valence-electron chi connectivity index (χ0n) is 12.9. The molecule has 1 aromatic carbocycles. The van der Waals surface area contributed by atoms with Crippen LogP contribution in [0.3, 0.4) is 0 Å². The zero-order valence-corrected chi connectivity index (χ0v) is 12.9. The summed E-state index contributed by atoms with van der Waals surface area (Å²) in [4.78, 5) is 12.7. The molecule has 0 bridgehead atoms. The van der Waals surface area contributed by atoms with Crippen molar-refractivity contribution in [1.29, 1.82) is 0 Å². The Bertz CT molecular complexity index is 760. The summed E-state index contributed by atoms with van der Waals surface area (Å²) in [6, 6.07) is 11.0. The quantitative estimate of drug-likeness (QED) is 0.763. The lowest BCUT2D eigenvalue weighted by Crippen LogP contribution is -2.28. The van der Waals surface area contributed by atoms with E-state index < -0.39 is 6.04 Å². The van der Waals surface area contributed by atoms with Crippen molar-refractivity contribution in [2.75, 3.05) is 5.32 Å². The minimum absolute atomic E-state index is 0.209. The second-order valence-electron chi connectivity index (χ2n) is 5.28. The van der Waals surface area contributed by atoms with Crippen LogP contribution in [-0.2, 0) is 18.3 Å². The molecule has 1 amide bonds. The molecule has 0 aliphatic carbocycles. The Morgan fingerprint density at radius 1 is 1.30 bits per heavy atom. The maximum Gasteiger partial charge on any atom is 0.250 e. The summed E-state index contributed by atoms with van der Waals surface area (Å²) in [5, 5.41) is 18.2. The Morgan fingerprint density at radius 3 is 2.70 bits per heavy atom. The van der Waals surface area contributed by atoms with Gasteiger partial charge >= 0.3 is 0 Å². The highest BCUT2D eigenvalue weighted by Gasteiger charge is 2.23. The highest BCUT2D eigenvalue weighted by Crippen LogP contribution is 2.16. The van der Waals surface area contributed by atoms with Crippen molar-refractivity contribution in [2.24, 2.45) is 7.05 Å². The first-order valence-corrected chi connectivity index (χ1v) is 7.21. The number of amides is 1. The molecular weight excluding hydrogens is 294 g/mol. The molecule has 23 heavy (non-hydrogen) atoms. The van der Waals surface area contributed by atoms with E-state index in [9.17, 15) is 4.79 Å². The molecule has 1 N–H and O–H groups in total. The molecule has 0 spiro atoms. The lowest BCUT2D eigenvalue weighted by molar-refractivity contribution is -0.119. The van der Waals surface area contributed by atoms with Crippen molar-refractivity contribution >= 4 is 11.7 Å². The van der Waals surface area contributed by atoms with Crippen LogP contribution in [0.4, 0.5) is 5.82 Å². The van der Waals surface area contributed by atoms with E-state index in [1.165, 1.54) is 11.0 Å². The number of aromatic nitrogens is 6. The van der Waals surface area contributed by atoms with Crippen molar-refractivity contribution in [2.45, 2.75) is 19.4 Å². The first-order valence-electron chi connectivity index (χ1n) is 7.21. The molecule has 0 saturated carbocycles. The summed E-state index contributed by atoms with van der Waals surface area (Å²) >= 11 is 0. The van der Waals surface area contributed by atoms with Crippen LogP contribution in [0, 0.1) is 6.92 Å². The molecule has 0 unspecified atom stereocenters. The van der Waals surface area contributed by atoms with Gasteiger partial charge in [-0.1, -0.05) is 30.3 Å². The summed E-state index contributed by atoms with van der Waals surface area (Å²) < 4.78 is 3.16. The lowest BCUT2D eigenvalue weighted by atomic mass is 10.1. The number of benzene rings is 1. The monoisotopic (exact) mass is 311 g/mol. The second-order valence-corrected chi connectivity index (χ2v) is 5.28. The van der Waals surface area contributed by atoms with Gasteiger partial charge in [-0.05, 0) is 22.9 Å². The third kappa shape index (κ3) is 3.42. The Morgan fingerprint density at radius 2 is 2.09 bits per heavy atom. The topological polar surface area (TPSA) is 90.5 Å². The van der Waals surface area contributed by atoms with Crippen LogP contribution >= 0.6 is 0 Å². The first-order chi connectivity index (χ1) is 11.1. The maximum atomic E-state index is 12.7. The van der Waals surface area contributed by atoms with Crippen LogP contribution in [0.1, 0.15) is 17.3 Å². The summed E-state index contributed by atoms with van der Waals surface area (Å²) in [5.41, 5.74) is 1.99. The molecule has 118 valence electrons. The molecule has 2 heterocycles. The molecule has 0 radical (unpaired) electrons. The van der Waals surface area contributed by atoms with E-state index in [1.54, 1.807) is 4.68 Å². The highest BCUT2D eigenvalue weighted by molar-refractivity contribution is 5.93. The smallest absolute Gasteiger partial charge is 0.250 e. The minimum atomic E-state index is -0.547. The average Bonchev–Trinajstić information content (AvgIpc) is 3.16. The standard InChI is InChI=1S/C15H17N7O/c1-11-8-14(18-21(11)2)17-15(23)13(22-10-16-19-20-22)9-12-6-4-3-5-7-12/h3-8,10,13H,9H2,1-2H3,(H,17,18,23)/t13-/m0/s1. The average molecular weight is 311 g/mol. The lowest BCUT2D eigenvalue weighted by Gasteiger charge is -2.15. The van der Waals surface area contributed by atoms with E-state index in [4.69, 9.17) is 0 Å². The van der Waals surface area contributed by atoms with Gasteiger partial charge < -0.3 is 5.32 Å². The van der Waals surface area contributed by atoms with Gasteiger partial charge in [0.05, 0.1) is 0 Å². The Kier molecular flexibility index (Phi) is 4.13. The van der Waals surface area contributed by atoms with E-state index in [1.807, 2.05) is 50.4 Å². The van der Waals surface area contributed by atoms with Crippen LogP contribution in [-0.4, -0.2) is 35.9 Å². The molecule has 0 saturated heterocycles. The fraction of sp³-hybridized carbons (Fsp3) is 0.267. The molecule has 2 aromatic heterocycles. The third-order valence-electron chi connectivity index (χ3n) is 3.62. The van der Waals surface area contributed by atoms with Crippen molar-refractivity contribution in [3.8, 4) is 0 Å². The zero-order chi connectivity index (χ0) is 16.2. The Balaban J connectivity index is 1.81. The van der Waals surface area contributed by atoms with Gasteiger partial charge in [-0.3, -0.25) is 9.48 Å². The summed E-state index contributed by atoms with van der Waals surface area (Å²) in [7, 11) is 1.83. The van der Waals surface area contributed by atoms with Gasteiger partial charge in [0.1, 0.15) is 12.4 Å². The summed E-state index contributed by atoms with van der Waals surface area (Å²) in [5.74, 6) is 0.306. The van der Waals surface area contributed by atoms with E-state index >= 15 is 0 Å². The molecule has 8 heteroatoms. The minimum Gasteiger partial charge on any atom is -0.307 e. The normalized spacial score (nSPS) is 12.1. The fourth-order valence-corrected chi connectivity index (χ4v) is 2.29. The maximum absolute atomic E-state index is 12.7. The number of carbonyl (C=O) groups is 1. The van der Waals surface area contributed by atoms with Gasteiger partial charge in [0.2, 0.25) is 0 Å². The predicted octanol–water partition coefficient (Wildman–Crippen LogP) is 1.14. The molecular formula is C15H17N7O. The molecule has 3 rings (SSSR count). The van der Waals surface area contributed by atoms with E-state index in [0.29, 0.717) is 12.2 Å². The van der Waals surface area contributed by atoms with Gasteiger partial charge in [-0.2, -0.15) is 5.10 Å². The van der Waals surface area contributed by atoms with Crippen LogP contribution in [0.2, 0.25) is 0 Å². The van der Waals surface area contributed by atoms with Crippen LogP contribution in [0.5, 0.6) is 0 Å². The second kappa shape index (κ2) is 6.39. The number of nitrogens with one attached hydrogen (secondary N) is 1. The summed E-state index contributed by atoms with van der Waals surface area (Å²) in [6.07, 6.45) is 1.93.